The molecule has 0 radical (unpaired) electrons. The van der Waals surface area contributed by atoms with Crippen molar-refractivity contribution in [2.45, 2.75) is 63.5 Å². The lowest BCUT2D eigenvalue weighted by Crippen LogP contribution is -2.49. The molecule has 0 bridgehead atoms. The van der Waals surface area contributed by atoms with Gasteiger partial charge in [0, 0.05) is 23.5 Å². The van der Waals surface area contributed by atoms with Crippen molar-refractivity contribution in [3.8, 4) is 5.75 Å². The number of urea groups is 1. The summed E-state index contributed by atoms with van der Waals surface area (Å²) in [6.45, 7) is 2.21. The number of nitrogens with zero attached hydrogens (tertiary/aromatic N) is 2. The third kappa shape index (κ3) is 3.61. The lowest BCUT2D eigenvalue weighted by molar-refractivity contribution is -0.125. The van der Waals surface area contributed by atoms with E-state index in [0.29, 0.717) is 24.2 Å². The molecule has 1 atom stereocenters. The second-order valence-corrected chi connectivity index (χ2v) is 10.5. The number of rotatable bonds is 4. The van der Waals surface area contributed by atoms with E-state index in [0.717, 1.165) is 53.6 Å². The van der Waals surface area contributed by atoms with E-state index < -0.39 is 11.6 Å². The first-order valence-electron chi connectivity index (χ1n) is 13.2. The molecular formula is C29H32N4O4. The summed E-state index contributed by atoms with van der Waals surface area (Å²) in [5, 5.41) is 4.16. The second kappa shape index (κ2) is 8.94. The van der Waals surface area contributed by atoms with E-state index in [9.17, 15) is 14.4 Å². The fraction of sp³-hybridized carbons (Fsp3) is 0.414. The van der Waals surface area contributed by atoms with E-state index in [4.69, 9.17) is 4.74 Å². The smallest absolute Gasteiger partial charge is 0.332 e. The van der Waals surface area contributed by atoms with Gasteiger partial charge < -0.3 is 19.9 Å². The molecule has 4 amide bonds. The predicted molar refractivity (Wildman–Crippen MR) is 141 cm³/mol. The molecule has 2 fully saturated rings. The summed E-state index contributed by atoms with van der Waals surface area (Å²) in [5.41, 5.74) is 2.13. The highest BCUT2D eigenvalue weighted by atomic mass is 16.5. The standard InChI is InChI=1S/C29H32N4O4/c1-29-25-20(22-17-19(37-2)13-14-23(22)31-25)15-16-32(29)28(36)33(27(29)35)24-12-8-7-11-21(24)26(34)30-18-9-5-3-4-6-10-18/h7-8,11-14,17-18,31H,3-6,9-10,15-16H2,1-2H3,(H,30,34). The Labute approximate surface area is 216 Å². The van der Waals surface area contributed by atoms with Gasteiger partial charge in [-0.05, 0) is 62.1 Å². The van der Waals surface area contributed by atoms with Crippen LogP contribution in [0.3, 0.4) is 0 Å². The second-order valence-electron chi connectivity index (χ2n) is 10.5. The van der Waals surface area contributed by atoms with Crippen LogP contribution in [-0.4, -0.2) is 47.4 Å². The monoisotopic (exact) mass is 500 g/mol. The highest BCUT2D eigenvalue weighted by Gasteiger charge is 2.59. The van der Waals surface area contributed by atoms with Crippen molar-refractivity contribution in [3.63, 3.8) is 0 Å². The molecule has 192 valence electrons. The largest absolute Gasteiger partial charge is 0.497 e. The third-order valence-electron chi connectivity index (χ3n) is 8.35. The Bertz CT molecular complexity index is 1400. The Balaban J connectivity index is 1.37. The summed E-state index contributed by atoms with van der Waals surface area (Å²) >= 11 is 0. The normalized spacial score (nSPS) is 22.1. The molecule has 37 heavy (non-hydrogen) atoms. The maximum Gasteiger partial charge on any atom is 0.332 e. The summed E-state index contributed by atoms with van der Waals surface area (Å²) in [6, 6.07) is 12.4. The number of carbonyl (C=O) groups excluding carboxylic acids is 3. The van der Waals surface area contributed by atoms with Crippen molar-refractivity contribution in [2.24, 2.45) is 0 Å². The van der Waals surface area contributed by atoms with Crippen molar-refractivity contribution in [2.75, 3.05) is 18.6 Å². The molecule has 3 aliphatic rings. The zero-order valence-corrected chi connectivity index (χ0v) is 21.3. The highest BCUT2D eigenvalue weighted by molar-refractivity contribution is 6.25. The van der Waals surface area contributed by atoms with E-state index in [1.54, 1.807) is 43.2 Å². The molecular weight excluding hydrogens is 468 g/mol. The molecule has 8 nitrogen and oxygen atoms in total. The number of amides is 4. The van der Waals surface area contributed by atoms with E-state index in [2.05, 4.69) is 10.3 Å². The average molecular weight is 501 g/mol. The molecule has 1 aliphatic carbocycles. The number of para-hydroxylation sites is 1. The molecule has 1 unspecified atom stereocenters. The minimum atomic E-state index is -1.19. The minimum absolute atomic E-state index is 0.114. The van der Waals surface area contributed by atoms with Gasteiger partial charge in [-0.25, -0.2) is 9.69 Å². The molecule has 2 N–H and O–H groups in total. The fourth-order valence-corrected chi connectivity index (χ4v) is 6.31. The molecule has 3 aromatic rings. The van der Waals surface area contributed by atoms with E-state index in [1.807, 2.05) is 18.2 Å². The molecule has 2 aliphatic heterocycles. The Morgan fingerprint density at radius 2 is 1.84 bits per heavy atom. The number of imide groups is 1. The molecule has 0 spiro atoms. The number of hydrogen-bond acceptors (Lipinski definition) is 4. The van der Waals surface area contributed by atoms with Gasteiger partial charge in [0.2, 0.25) is 0 Å². The predicted octanol–water partition coefficient (Wildman–Crippen LogP) is 4.87. The number of H-pyrrole nitrogens is 1. The Morgan fingerprint density at radius 1 is 1.08 bits per heavy atom. The molecule has 2 aromatic carbocycles. The molecule has 1 aromatic heterocycles. The van der Waals surface area contributed by atoms with Crippen LogP contribution in [0.1, 0.15) is 67.1 Å². The van der Waals surface area contributed by atoms with Crippen LogP contribution in [0.15, 0.2) is 42.5 Å². The Morgan fingerprint density at radius 3 is 2.59 bits per heavy atom. The summed E-state index contributed by atoms with van der Waals surface area (Å²) in [4.78, 5) is 47.5. The van der Waals surface area contributed by atoms with Crippen molar-refractivity contribution in [3.05, 3.63) is 59.3 Å². The van der Waals surface area contributed by atoms with Crippen molar-refractivity contribution < 1.29 is 19.1 Å². The van der Waals surface area contributed by atoms with Gasteiger partial charge in [0.05, 0.1) is 24.1 Å². The van der Waals surface area contributed by atoms with Crippen LogP contribution in [0.25, 0.3) is 10.9 Å². The zero-order chi connectivity index (χ0) is 25.7. The number of aromatic nitrogens is 1. The van der Waals surface area contributed by atoms with Crippen LogP contribution in [0.5, 0.6) is 5.75 Å². The molecule has 8 heteroatoms. The number of benzene rings is 2. The summed E-state index contributed by atoms with van der Waals surface area (Å²) in [5.74, 6) is 0.147. The summed E-state index contributed by atoms with van der Waals surface area (Å²) in [6.07, 6.45) is 7.11. The topological polar surface area (TPSA) is 94.7 Å². The van der Waals surface area contributed by atoms with Crippen LogP contribution in [0, 0.1) is 0 Å². The first kappa shape index (κ1) is 23.6. The quantitative estimate of drug-likeness (QED) is 0.395. The first-order valence-corrected chi connectivity index (χ1v) is 13.2. The van der Waals surface area contributed by atoms with Gasteiger partial charge in [0.1, 0.15) is 5.75 Å². The van der Waals surface area contributed by atoms with Gasteiger partial charge in [-0.3, -0.25) is 9.59 Å². The van der Waals surface area contributed by atoms with Crippen LogP contribution < -0.4 is 15.0 Å². The molecule has 3 heterocycles. The number of ether oxygens (including phenoxy) is 1. The summed E-state index contributed by atoms with van der Waals surface area (Å²) in [7, 11) is 1.63. The van der Waals surface area contributed by atoms with Crippen LogP contribution >= 0.6 is 0 Å². The van der Waals surface area contributed by atoms with Gasteiger partial charge in [-0.1, -0.05) is 37.8 Å². The van der Waals surface area contributed by atoms with Gasteiger partial charge in [-0.2, -0.15) is 0 Å². The third-order valence-corrected chi connectivity index (χ3v) is 8.35. The van der Waals surface area contributed by atoms with Crippen LogP contribution in [-0.2, 0) is 16.8 Å². The Kier molecular flexibility index (Phi) is 5.70. The van der Waals surface area contributed by atoms with Gasteiger partial charge in [0.25, 0.3) is 11.8 Å². The van der Waals surface area contributed by atoms with Crippen LogP contribution in [0.2, 0.25) is 0 Å². The number of carbonyl (C=O) groups is 3. The average Bonchev–Trinajstić information content (AvgIpc) is 3.22. The zero-order valence-electron chi connectivity index (χ0n) is 21.3. The molecule has 6 rings (SSSR count). The number of aromatic amines is 1. The number of nitrogens with one attached hydrogen (secondary N) is 2. The van der Waals surface area contributed by atoms with Crippen molar-refractivity contribution >= 4 is 34.4 Å². The SMILES string of the molecule is COc1ccc2[nH]c3c(c2c1)CCN1C(=O)N(c2ccccc2C(=O)NC2CCCCCC2)C(=O)C31C. The van der Waals surface area contributed by atoms with Crippen LogP contribution in [0.4, 0.5) is 10.5 Å². The Hall–Kier alpha value is -3.81. The fourth-order valence-electron chi connectivity index (χ4n) is 6.31. The molecule has 1 saturated heterocycles. The van der Waals surface area contributed by atoms with Gasteiger partial charge in [0.15, 0.2) is 5.54 Å². The number of methoxy groups -OCH3 is 1. The van der Waals surface area contributed by atoms with E-state index in [1.165, 1.54) is 17.7 Å². The number of fused-ring (bicyclic) bond motifs is 5. The van der Waals surface area contributed by atoms with E-state index in [-0.39, 0.29) is 17.9 Å². The van der Waals surface area contributed by atoms with Crippen molar-refractivity contribution in [1.29, 1.82) is 0 Å². The minimum Gasteiger partial charge on any atom is -0.497 e. The lowest BCUT2D eigenvalue weighted by atomic mass is 9.87. The maximum atomic E-state index is 14.1. The maximum absolute atomic E-state index is 14.1. The number of anilines is 1. The molecule has 1 saturated carbocycles. The van der Waals surface area contributed by atoms with Gasteiger partial charge >= 0.3 is 6.03 Å². The van der Waals surface area contributed by atoms with Gasteiger partial charge in [-0.15, -0.1) is 0 Å². The highest BCUT2D eigenvalue weighted by Crippen LogP contribution is 2.46. The lowest BCUT2D eigenvalue weighted by Gasteiger charge is -2.35. The first-order chi connectivity index (χ1) is 17.9. The van der Waals surface area contributed by atoms with E-state index >= 15 is 0 Å². The summed E-state index contributed by atoms with van der Waals surface area (Å²) < 4.78 is 5.41. The van der Waals surface area contributed by atoms with Crippen molar-refractivity contribution in [1.82, 2.24) is 15.2 Å². The number of hydrogen-bond donors (Lipinski definition) is 2.